The fourth-order valence-corrected chi connectivity index (χ4v) is 3.88. The van der Waals surface area contributed by atoms with Gasteiger partial charge in [-0.25, -0.2) is 13.4 Å². The maximum Gasteiger partial charge on any atom is 0.262 e. The van der Waals surface area contributed by atoms with E-state index in [0.29, 0.717) is 31.8 Å². The number of nitrogens with zero attached hydrogens (tertiary/aromatic N) is 3. The summed E-state index contributed by atoms with van der Waals surface area (Å²) >= 11 is 0. The maximum atomic E-state index is 12.4. The van der Waals surface area contributed by atoms with Crippen molar-refractivity contribution in [2.75, 3.05) is 13.1 Å². The van der Waals surface area contributed by atoms with E-state index in [0.717, 1.165) is 0 Å². The average molecular weight is 287 g/mol. The van der Waals surface area contributed by atoms with Crippen LogP contribution in [0.15, 0.2) is 11.2 Å². The average Bonchev–Trinajstić information content (AvgIpc) is 2.70. The number of piperidine rings is 1. The molecule has 6 nitrogen and oxygen atoms in total. The van der Waals surface area contributed by atoms with E-state index in [1.165, 1.54) is 4.31 Å². The molecule has 1 unspecified atom stereocenters. The molecule has 1 fully saturated rings. The van der Waals surface area contributed by atoms with Crippen molar-refractivity contribution in [3.63, 3.8) is 0 Å². The molecule has 1 saturated heterocycles. The SMILES string of the molecule is Cc1nc(S(=O)(=O)N2CCC(C(C)O)CC2)cn1C. The van der Waals surface area contributed by atoms with E-state index in [4.69, 9.17) is 0 Å². The number of sulfonamides is 1. The van der Waals surface area contributed by atoms with Gasteiger partial charge in [-0.15, -0.1) is 0 Å². The first-order valence-corrected chi connectivity index (χ1v) is 7.94. The van der Waals surface area contributed by atoms with Gasteiger partial charge in [0.2, 0.25) is 0 Å². The molecular weight excluding hydrogens is 266 g/mol. The van der Waals surface area contributed by atoms with Crippen molar-refractivity contribution in [1.82, 2.24) is 13.9 Å². The molecule has 0 saturated carbocycles. The van der Waals surface area contributed by atoms with Crippen LogP contribution in [-0.2, 0) is 17.1 Å². The highest BCUT2D eigenvalue weighted by Crippen LogP contribution is 2.25. The summed E-state index contributed by atoms with van der Waals surface area (Å²) in [6.45, 7) is 4.44. The third-order valence-electron chi connectivity index (χ3n) is 3.87. The second kappa shape index (κ2) is 5.22. The molecule has 19 heavy (non-hydrogen) atoms. The molecule has 0 radical (unpaired) electrons. The highest BCUT2D eigenvalue weighted by molar-refractivity contribution is 7.89. The van der Waals surface area contributed by atoms with E-state index in [1.54, 1.807) is 31.7 Å². The highest BCUT2D eigenvalue weighted by Gasteiger charge is 2.32. The van der Waals surface area contributed by atoms with Crippen LogP contribution in [0.4, 0.5) is 0 Å². The van der Waals surface area contributed by atoms with Crippen LogP contribution in [0.2, 0.25) is 0 Å². The lowest BCUT2D eigenvalue weighted by Crippen LogP contribution is -2.40. The Bertz CT molecular complexity index is 523. The predicted molar refractivity (Wildman–Crippen MR) is 71.1 cm³/mol. The molecular formula is C12H21N3O3S. The largest absolute Gasteiger partial charge is 0.393 e. The van der Waals surface area contributed by atoms with Crippen LogP contribution < -0.4 is 0 Å². The normalized spacial score (nSPS) is 20.6. The van der Waals surface area contributed by atoms with Gasteiger partial charge in [-0.2, -0.15) is 4.31 Å². The zero-order valence-electron chi connectivity index (χ0n) is 11.6. The summed E-state index contributed by atoms with van der Waals surface area (Å²) in [7, 11) is -1.71. The van der Waals surface area contributed by atoms with Gasteiger partial charge in [0.1, 0.15) is 5.82 Å². The molecule has 2 rings (SSSR count). The molecule has 0 bridgehead atoms. The van der Waals surface area contributed by atoms with Gasteiger partial charge in [0.15, 0.2) is 5.03 Å². The molecule has 1 atom stereocenters. The van der Waals surface area contributed by atoms with Crippen LogP contribution in [0.1, 0.15) is 25.6 Å². The van der Waals surface area contributed by atoms with Crippen molar-refractivity contribution in [2.45, 2.75) is 37.8 Å². The van der Waals surface area contributed by atoms with Crippen LogP contribution >= 0.6 is 0 Å². The fourth-order valence-electron chi connectivity index (χ4n) is 2.38. The first-order chi connectivity index (χ1) is 8.82. The number of aliphatic hydroxyl groups is 1. The van der Waals surface area contributed by atoms with E-state index < -0.39 is 10.0 Å². The summed E-state index contributed by atoms with van der Waals surface area (Å²) in [5, 5.41) is 9.65. The molecule has 1 aliphatic heterocycles. The number of rotatable bonds is 3. The Labute approximate surface area is 114 Å². The van der Waals surface area contributed by atoms with Crippen molar-refractivity contribution in [3.05, 3.63) is 12.0 Å². The molecule has 7 heteroatoms. The molecule has 0 aliphatic carbocycles. The Kier molecular flexibility index (Phi) is 3.98. The smallest absolute Gasteiger partial charge is 0.262 e. The summed E-state index contributed by atoms with van der Waals surface area (Å²) in [5.74, 6) is 0.870. The first-order valence-electron chi connectivity index (χ1n) is 6.50. The molecule has 1 aliphatic rings. The minimum absolute atomic E-state index is 0.114. The number of aliphatic hydroxyl groups excluding tert-OH is 1. The number of imidazole rings is 1. The van der Waals surface area contributed by atoms with Crippen LogP contribution in [0.5, 0.6) is 0 Å². The van der Waals surface area contributed by atoms with E-state index in [9.17, 15) is 13.5 Å². The summed E-state index contributed by atoms with van der Waals surface area (Å²) in [5.41, 5.74) is 0. The maximum absolute atomic E-state index is 12.4. The van der Waals surface area contributed by atoms with Crippen molar-refractivity contribution in [2.24, 2.45) is 13.0 Å². The Morgan fingerprint density at radius 1 is 1.42 bits per heavy atom. The molecule has 0 amide bonds. The van der Waals surface area contributed by atoms with E-state index in [-0.39, 0.29) is 17.0 Å². The Morgan fingerprint density at radius 2 is 2.00 bits per heavy atom. The zero-order chi connectivity index (χ0) is 14.2. The highest BCUT2D eigenvalue weighted by atomic mass is 32.2. The van der Waals surface area contributed by atoms with Gasteiger partial charge in [-0.05, 0) is 32.6 Å². The van der Waals surface area contributed by atoms with Gasteiger partial charge < -0.3 is 9.67 Å². The van der Waals surface area contributed by atoms with Gasteiger partial charge in [-0.3, -0.25) is 0 Å². The number of hydrogen-bond acceptors (Lipinski definition) is 4. The van der Waals surface area contributed by atoms with Gasteiger partial charge in [0.25, 0.3) is 10.0 Å². The van der Waals surface area contributed by atoms with Crippen molar-refractivity contribution >= 4 is 10.0 Å². The first kappa shape index (κ1) is 14.5. The lowest BCUT2D eigenvalue weighted by molar-refractivity contribution is 0.0911. The van der Waals surface area contributed by atoms with Gasteiger partial charge >= 0.3 is 0 Å². The molecule has 1 aromatic heterocycles. The van der Waals surface area contributed by atoms with Gasteiger partial charge in [0, 0.05) is 26.3 Å². The molecule has 1 aromatic rings. The molecule has 0 spiro atoms. The number of aryl methyl sites for hydroxylation is 2. The van der Waals surface area contributed by atoms with Crippen molar-refractivity contribution < 1.29 is 13.5 Å². The standard InChI is InChI=1S/C12H21N3O3S/c1-9(16)11-4-6-15(7-5-11)19(17,18)12-8-14(3)10(2)13-12/h8-9,11,16H,4-7H2,1-3H3. The number of hydrogen-bond donors (Lipinski definition) is 1. The van der Waals surface area contributed by atoms with Crippen LogP contribution in [-0.4, -0.2) is 46.6 Å². The Hall–Kier alpha value is -0.920. The number of aromatic nitrogens is 2. The topological polar surface area (TPSA) is 75.4 Å². The summed E-state index contributed by atoms with van der Waals surface area (Å²) < 4.78 is 28.0. The third kappa shape index (κ3) is 2.82. The Balaban J connectivity index is 2.14. The van der Waals surface area contributed by atoms with E-state index >= 15 is 0 Å². The second-order valence-corrected chi connectivity index (χ2v) is 7.10. The summed E-state index contributed by atoms with van der Waals surface area (Å²) in [6, 6.07) is 0. The predicted octanol–water partition coefficient (Wildman–Crippen LogP) is 0.510. The zero-order valence-corrected chi connectivity index (χ0v) is 12.4. The molecule has 108 valence electrons. The van der Waals surface area contributed by atoms with Crippen LogP contribution in [0.3, 0.4) is 0 Å². The van der Waals surface area contributed by atoms with E-state index in [2.05, 4.69) is 4.98 Å². The van der Waals surface area contributed by atoms with Crippen LogP contribution in [0, 0.1) is 12.8 Å². The van der Waals surface area contributed by atoms with Crippen molar-refractivity contribution in [1.29, 1.82) is 0 Å². The van der Waals surface area contributed by atoms with Crippen LogP contribution in [0.25, 0.3) is 0 Å². The minimum atomic E-state index is -3.49. The van der Waals surface area contributed by atoms with Crippen molar-refractivity contribution in [3.8, 4) is 0 Å². The molecule has 1 N–H and O–H groups in total. The second-order valence-electron chi connectivity index (χ2n) is 5.22. The van der Waals surface area contributed by atoms with E-state index in [1.807, 2.05) is 0 Å². The van der Waals surface area contributed by atoms with Gasteiger partial charge in [-0.1, -0.05) is 0 Å². The Morgan fingerprint density at radius 3 is 2.42 bits per heavy atom. The minimum Gasteiger partial charge on any atom is -0.393 e. The molecule has 0 aromatic carbocycles. The summed E-state index contributed by atoms with van der Waals surface area (Å²) in [6.07, 6.45) is 2.57. The monoisotopic (exact) mass is 287 g/mol. The lowest BCUT2D eigenvalue weighted by atomic mass is 9.93. The lowest BCUT2D eigenvalue weighted by Gasteiger charge is -2.31. The quantitative estimate of drug-likeness (QED) is 0.879. The summed E-state index contributed by atoms with van der Waals surface area (Å²) in [4.78, 5) is 4.10. The van der Waals surface area contributed by atoms with Gasteiger partial charge in [0.05, 0.1) is 6.10 Å². The molecule has 2 heterocycles. The third-order valence-corrected chi connectivity index (χ3v) is 5.64. The fraction of sp³-hybridized carbons (Fsp3) is 0.750.